The van der Waals surface area contributed by atoms with Crippen LogP contribution in [0.25, 0.3) is 0 Å². The van der Waals surface area contributed by atoms with E-state index in [4.69, 9.17) is 13.6 Å². The third-order valence-corrected chi connectivity index (χ3v) is 16.3. The second-order valence-electron chi connectivity index (χ2n) is 12.2. The number of alkyl carbamates (subject to hydrolysis) is 1. The SMILES string of the molecule is C=CCC[C@H](O[Si](C)(C)C(C)(C)C)[C@@H](CO[Si](C)(C)C(C)(C)C)NC(=O)OCc1ccccc1. The second-order valence-corrected chi connectivity index (χ2v) is 21.7. The van der Waals surface area contributed by atoms with Crippen molar-refractivity contribution in [2.75, 3.05) is 6.61 Å². The van der Waals surface area contributed by atoms with Gasteiger partial charge in [0.25, 0.3) is 0 Å². The number of nitrogens with one attached hydrogen (secondary N) is 1. The van der Waals surface area contributed by atoms with E-state index in [2.05, 4.69) is 79.6 Å². The van der Waals surface area contributed by atoms with Crippen LogP contribution in [0.3, 0.4) is 0 Å². The van der Waals surface area contributed by atoms with E-state index >= 15 is 0 Å². The summed E-state index contributed by atoms with van der Waals surface area (Å²) in [6.07, 6.45) is 2.83. The van der Waals surface area contributed by atoms with E-state index in [-0.39, 0.29) is 28.8 Å². The summed E-state index contributed by atoms with van der Waals surface area (Å²) in [6.45, 7) is 26.8. The fourth-order valence-electron chi connectivity index (χ4n) is 2.85. The minimum absolute atomic E-state index is 0.0537. The number of hydrogen-bond acceptors (Lipinski definition) is 4. The molecule has 0 aliphatic carbocycles. The predicted octanol–water partition coefficient (Wildman–Crippen LogP) is 7.66. The Labute approximate surface area is 210 Å². The predicted molar refractivity (Wildman–Crippen MR) is 148 cm³/mol. The normalized spacial score (nSPS) is 14.9. The molecule has 0 fully saturated rings. The molecule has 1 N–H and O–H groups in total. The van der Waals surface area contributed by atoms with Crippen LogP contribution in [0.2, 0.25) is 36.3 Å². The minimum Gasteiger partial charge on any atom is -0.445 e. The van der Waals surface area contributed by atoms with Gasteiger partial charge in [0.1, 0.15) is 6.61 Å². The molecule has 1 aromatic carbocycles. The topological polar surface area (TPSA) is 56.8 Å². The van der Waals surface area contributed by atoms with Crippen molar-refractivity contribution in [3.8, 4) is 0 Å². The van der Waals surface area contributed by atoms with Crippen LogP contribution in [0, 0.1) is 0 Å². The number of hydrogen-bond donors (Lipinski definition) is 1. The van der Waals surface area contributed by atoms with Crippen molar-refractivity contribution in [3.05, 3.63) is 48.6 Å². The zero-order valence-electron chi connectivity index (χ0n) is 23.3. The Bertz CT molecular complexity index is 767. The molecule has 5 nitrogen and oxygen atoms in total. The fraction of sp³-hybridized carbons (Fsp3) is 0.667. The van der Waals surface area contributed by atoms with Crippen LogP contribution in [0.15, 0.2) is 43.0 Å². The maximum absolute atomic E-state index is 12.8. The molecule has 0 aliphatic rings. The van der Waals surface area contributed by atoms with E-state index < -0.39 is 22.7 Å². The van der Waals surface area contributed by atoms with E-state index in [1.807, 2.05) is 36.4 Å². The monoisotopic (exact) mass is 507 g/mol. The molecule has 0 saturated heterocycles. The van der Waals surface area contributed by atoms with Crippen molar-refractivity contribution in [1.29, 1.82) is 0 Å². The van der Waals surface area contributed by atoms with Gasteiger partial charge < -0.3 is 18.9 Å². The standard InChI is InChI=1S/C27H49NO4Si2/c1-12-13-19-24(32-34(10,11)27(5,6)7)23(21-31-33(8,9)26(2,3)4)28-25(29)30-20-22-17-15-14-16-18-22/h12,14-18,23-24H,1,13,19-21H2,2-11H3,(H,28,29)/t23-,24+/m1/s1. The van der Waals surface area contributed by atoms with Gasteiger partial charge in [0.15, 0.2) is 16.6 Å². The van der Waals surface area contributed by atoms with Gasteiger partial charge in [-0.3, -0.25) is 0 Å². The van der Waals surface area contributed by atoms with Crippen molar-refractivity contribution in [1.82, 2.24) is 5.32 Å². The van der Waals surface area contributed by atoms with Gasteiger partial charge in [-0.25, -0.2) is 4.79 Å². The molecule has 1 rings (SSSR count). The van der Waals surface area contributed by atoms with Crippen LogP contribution in [-0.4, -0.2) is 41.5 Å². The number of carbonyl (C=O) groups is 1. The molecule has 0 spiro atoms. The van der Waals surface area contributed by atoms with Crippen LogP contribution in [-0.2, 0) is 20.2 Å². The van der Waals surface area contributed by atoms with E-state index in [1.54, 1.807) is 0 Å². The van der Waals surface area contributed by atoms with Gasteiger partial charge >= 0.3 is 6.09 Å². The molecule has 0 bridgehead atoms. The van der Waals surface area contributed by atoms with E-state index in [9.17, 15) is 4.79 Å². The Morgan fingerprint density at radius 1 is 1.00 bits per heavy atom. The zero-order chi connectivity index (χ0) is 26.2. The Morgan fingerprint density at radius 3 is 2.06 bits per heavy atom. The van der Waals surface area contributed by atoms with Crippen molar-refractivity contribution in [2.24, 2.45) is 0 Å². The number of benzene rings is 1. The third-order valence-electron chi connectivity index (χ3n) is 7.30. The number of carbonyl (C=O) groups excluding carboxylic acids is 1. The van der Waals surface area contributed by atoms with Gasteiger partial charge in [0, 0.05) is 0 Å². The first-order valence-electron chi connectivity index (χ1n) is 12.4. The average molecular weight is 508 g/mol. The lowest BCUT2D eigenvalue weighted by molar-refractivity contribution is 0.0801. The Kier molecular flexibility index (Phi) is 11.3. The van der Waals surface area contributed by atoms with Crippen molar-refractivity contribution >= 4 is 22.7 Å². The first-order valence-corrected chi connectivity index (χ1v) is 18.2. The summed E-state index contributed by atoms with van der Waals surface area (Å²) < 4.78 is 18.9. The summed E-state index contributed by atoms with van der Waals surface area (Å²) in [5.41, 5.74) is 0.951. The van der Waals surface area contributed by atoms with Crippen LogP contribution < -0.4 is 5.32 Å². The lowest BCUT2D eigenvalue weighted by Crippen LogP contribution is -2.55. The zero-order valence-corrected chi connectivity index (χ0v) is 25.3. The van der Waals surface area contributed by atoms with E-state index in [0.717, 1.165) is 18.4 Å². The summed E-state index contributed by atoms with van der Waals surface area (Å²) in [5, 5.41) is 3.22. The molecule has 0 aromatic heterocycles. The molecule has 0 saturated carbocycles. The maximum atomic E-state index is 12.8. The molecule has 0 heterocycles. The molecular weight excluding hydrogens is 458 g/mol. The highest BCUT2D eigenvalue weighted by Gasteiger charge is 2.42. The summed E-state index contributed by atoms with van der Waals surface area (Å²) in [5.74, 6) is 0. The lowest BCUT2D eigenvalue weighted by atomic mass is 10.1. The molecule has 0 radical (unpaired) electrons. The van der Waals surface area contributed by atoms with Crippen LogP contribution in [0.1, 0.15) is 59.9 Å². The first kappa shape index (κ1) is 30.6. The largest absolute Gasteiger partial charge is 0.445 e. The van der Waals surface area contributed by atoms with Gasteiger partial charge in [-0.2, -0.15) is 0 Å². The Hall–Kier alpha value is -1.42. The summed E-state index contributed by atoms with van der Waals surface area (Å²) in [7, 11) is -4.10. The number of ether oxygens (including phenoxy) is 1. The number of amides is 1. The van der Waals surface area contributed by atoms with Gasteiger partial charge in [-0.15, -0.1) is 6.58 Å². The van der Waals surface area contributed by atoms with Crippen molar-refractivity contribution in [2.45, 2.75) is 109 Å². The van der Waals surface area contributed by atoms with Crippen LogP contribution in [0.4, 0.5) is 4.79 Å². The van der Waals surface area contributed by atoms with Gasteiger partial charge in [0.2, 0.25) is 0 Å². The molecular formula is C27H49NO4Si2. The van der Waals surface area contributed by atoms with Gasteiger partial charge in [-0.1, -0.05) is 78.0 Å². The highest BCUT2D eigenvalue weighted by Crippen LogP contribution is 2.39. The maximum Gasteiger partial charge on any atom is 0.407 e. The first-order chi connectivity index (χ1) is 15.5. The molecule has 34 heavy (non-hydrogen) atoms. The number of rotatable bonds is 12. The van der Waals surface area contributed by atoms with E-state index in [1.165, 1.54) is 0 Å². The highest BCUT2D eigenvalue weighted by atomic mass is 28.4. The second kappa shape index (κ2) is 12.5. The Morgan fingerprint density at radius 2 is 1.56 bits per heavy atom. The summed E-state index contributed by atoms with van der Waals surface area (Å²) in [6, 6.07) is 9.39. The molecule has 1 amide bonds. The smallest absolute Gasteiger partial charge is 0.407 e. The van der Waals surface area contributed by atoms with Gasteiger partial charge in [-0.05, 0) is 54.7 Å². The summed E-state index contributed by atoms with van der Waals surface area (Å²) >= 11 is 0. The third kappa shape index (κ3) is 9.68. The minimum atomic E-state index is -2.09. The molecule has 7 heteroatoms. The fourth-order valence-corrected chi connectivity index (χ4v) is 5.27. The Balaban J connectivity index is 3.10. The van der Waals surface area contributed by atoms with Crippen LogP contribution >= 0.6 is 0 Å². The molecule has 0 aliphatic heterocycles. The van der Waals surface area contributed by atoms with E-state index in [0.29, 0.717) is 6.61 Å². The van der Waals surface area contributed by atoms with Crippen molar-refractivity contribution in [3.63, 3.8) is 0 Å². The molecule has 194 valence electrons. The van der Waals surface area contributed by atoms with Crippen LogP contribution in [0.5, 0.6) is 0 Å². The molecule has 2 atom stereocenters. The number of allylic oxidation sites excluding steroid dienone is 1. The molecule has 1 aromatic rings. The van der Waals surface area contributed by atoms with Gasteiger partial charge in [0.05, 0.1) is 18.8 Å². The quantitative estimate of drug-likeness (QED) is 0.233. The van der Waals surface area contributed by atoms with Crippen molar-refractivity contribution < 1.29 is 18.4 Å². The lowest BCUT2D eigenvalue weighted by Gasteiger charge is -2.43. The average Bonchev–Trinajstić information content (AvgIpc) is 2.71. The highest BCUT2D eigenvalue weighted by molar-refractivity contribution is 6.74. The molecule has 0 unspecified atom stereocenters. The summed E-state index contributed by atoms with van der Waals surface area (Å²) in [4.78, 5) is 12.8.